The maximum Gasteiger partial charge on any atom is 0.339 e. The standard InChI is InChI=1S/C10H16N2O4S/c1-3-5-17(15,16)6-4-12-8(2)9(7-11-12)10(13)14/h7H,3-6H2,1-2H3,(H,13,14). The molecular formula is C10H16N2O4S. The van der Waals surface area contributed by atoms with Gasteiger partial charge < -0.3 is 5.11 Å². The molecule has 0 unspecified atom stereocenters. The highest BCUT2D eigenvalue weighted by Crippen LogP contribution is 2.07. The molecule has 0 spiro atoms. The van der Waals surface area contributed by atoms with E-state index in [1.807, 2.05) is 0 Å². The monoisotopic (exact) mass is 260 g/mol. The molecule has 0 aromatic carbocycles. The van der Waals surface area contributed by atoms with Gasteiger partial charge in [0.05, 0.1) is 18.5 Å². The van der Waals surface area contributed by atoms with Crippen LogP contribution in [0, 0.1) is 6.92 Å². The van der Waals surface area contributed by atoms with Crippen LogP contribution < -0.4 is 0 Å². The van der Waals surface area contributed by atoms with E-state index in [-0.39, 0.29) is 23.6 Å². The number of carboxylic acid groups (broad SMARTS) is 1. The predicted molar refractivity (Wildman–Crippen MR) is 62.9 cm³/mol. The first kappa shape index (κ1) is 13.7. The maximum atomic E-state index is 11.5. The van der Waals surface area contributed by atoms with Gasteiger partial charge in [0.2, 0.25) is 0 Å². The highest BCUT2D eigenvalue weighted by atomic mass is 32.2. The van der Waals surface area contributed by atoms with E-state index in [0.717, 1.165) is 0 Å². The molecule has 0 aliphatic heterocycles. The summed E-state index contributed by atoms with van der Waals surface area (Å²) >= 11 is 0. The van der Waals surface area contributed by atoms with Gasteiger partial charge in [-0.05, 0) is 13.3 Å². The lowest BCUT2D eigenvalue weighted by atomic mass is 10.3. The van der Waals surface area contributed by atoms with Gasteiger partial charge in [0.1, 0.15) is 5.56 Å². The van der Waals surface area contributed by atoms with Gasteiger partial charge in [-0.25, -0.2) is 13.2 Å². The molecule has 0 aliphatic rings. The Hall–Kier alpha value is -1.37. The number of aryl methyl sites for hydroxylation is 1. The zero-order chi connectivity index (χ0) is 13.1. The molecule has 0 fully saturated rings. The summed E-state index contributed by atoms with van der Waals surface area (Å²) in [6, 6.07) is 0. The number of carboxylic acids is 1. The zero-order valence-electron chi connectivity index (χ0n) is 9.88. The van der Waals surface area contributed by atoms with Gasteiger partial charge in [0, 0.05) is 11.4 Å². The second kappa shape index (κ2) is 5.31. The van der Waals surface area contributed by atoms with Crippen LogP contribution >= 0.6 is 0 Å². The summed E-state index contributed by atoms with van der Waals surface area (Å²) in [7, 11) is -3.07. The third-order valence-electron chi connectivity index (χ3n) is 2.46. The zero-order valence-corrected chi connectivity index (χ0v) is 10.7. The first-order valence-corrected chi connectivity index (χ1v) is 7.15. The highest BCUT2D eigenvalue weighted by Gasteiger charge is 2.15. The topological polar surface area (TPSA) is 89.3 Å². The summed E-state index contributed by atoms with van der Waals surface area (Å²) < 4.78 is 24.4. The summed E-state index contributed by atoms with van der Waals surface area (Å²) in [5.41, 5.74) is 0.585. The lowest BCUT2D eigenvalue weighted by Gasteiger charge is -2.05. The summed E-state index contributed by atoms with van der Waals surface area (Å²) in [6.07, 6.45) is 1.82. The molecule has 1 heterocycles. The van der Waals surface area contributed by atoms with Crippen LogP contribution in [0.1, 0.15) is 29.4 Å². The molecule has 0 amide bonds. The molecule has 6 nitrogen and oxygen atoms in total. The van der Waals surface area contributed by atoms with Crippen molar-refractivity contribution in [3.05, 3.63) is 17.5 Å². The lowest BCUT2D eigenvalue weighted by molar-refractivity contribution is 0.0696. The van der Waals surface area contributed by atoms with Crippen molar-refractivity contribution >= 4 is 15.8 Å². The highest BCUT2D eigenvalue weighted by molar-refractivity contribution is 7.91. The number of rotatable bonds is 6. The number of hydrogen-bond acceptors (Lipinski definition) is 4. The average Bonchev–Trinajstić information content (AvgIpc) is 2.57. The second-order valence-corrected chi connectivity index (χ2v) is 6.13. The molecule has 0 saturated carbocycles. The third kappa shape index (κ3) is 3.55. The van der Waals surface area contributed by atoms with Gasteiger partial charge >= 0.3 is 5.97 Å². The maximum absolute atomic E-state index is 11.5. The molecule has 0 atom stereocenters. The van der Waals surface area contributed by atoms with Crippen LogP contribution in [-0.2, 0) is 16.4 Å². The number of hydrogen-bond donors (Lipinski definition) is 1. The van der Waals surface area contributed by atoms with E-state index in [1.54, 1.807) is 13.8 Å². The predicted octanol–water partition coefficient (Wildman–Crippen LogP) is 0.715. The minimum atomic E-state index is -3.07. The van der Waals surface area contributed by atoms with Crippen molar-refractivity contribution in [3.63, 3.8) is 0 Å². The van der Waals surface area contributed by atoms with Gasteiger partial charge in [-0.1, -0.05) is 6.92 Å². The van der Waals surface area contributed by atoms with E-state index >= 15 is 0 Å². The van der Waals surface area contributed by atoms with Crippen molar-refractivity contribution in [1.29, 1.82) is 0 Å². The van der Waals surface area contributed by atoms with E-state index in [1.165, 1.54) is 10.9 Å². The molecule has 96 valence electrons. The molecule has 0 aliphatic carbocycles. The molecule has 1 N–H and O–H groups in total. The van der Waals surface area contributed by atoms with Crippen LogP contribution in [-0.4, -0.2) is 40.8 Å². The van der Waals surface area contributed by atoms with E-state index < -0.39 is 15.8 Å². The van der Waals surface area contributed by atoms with Crippen LogP contribution in [0.5, 0.6) is 0 Å². The molecule has 7 heteroatoms. The molecule has 0 bridgehead atoms. The van der Waals surface area contributed by atoms with Crippen molar-refractivity contribution in [1.82, 2.24) is 9.78 Å². The van der Waals surface area contributed by atoms with Crippen LogP contribution in [0.4, 0.5) is 0 Å². The first-order valence-electron chi connectivity index (χ1n) is 5.33. The lowest BCUT2D eigenvalue weighted by Crippen LogP contribution is -2.17. The average molecular weight is 260 g/mol. The molecule has 1 aromatic rings. The quantitative estimate of drug-likeness (QED) is 0.813. The summed E-state index contributed by atoms with van der Waals surface area (Å²) in [4.78, 5) is 10.8. The fourth-order valence-electron chi connectivity index (χ4n) is 1.52. The minimum Gasteiger partial charge on any atom is -0.478 e. The molecule has 1 rings (SSSR count). The normalized spacial score (nSPS) is 11.6. The Bertz CT molecular complexity index is 504. The Morgan fingerprint density at radius 2 is 2.12 bits per heavy atom. The Balaban J connectivity index is 2.74. The number of carbonyl (C=O) groups is 1. The molecule has 0 radical (unpaired) electrons. The van der Waals surface area contributed by atoms with Crippen LogP contribution in [0.25, 0.3) is 0 Å². The second-order valence-electron chi connectivity index (χ2n) is 3.82. The summed E-state index contributed by atoms with van der Waals surface area (Å²) in [5, 5.41) is 12.7. The smallest absolute Gasteiger partial charge is 0.339 e. The minimum absolute atomic E-state index is 0.0115. The number of nitrogens with zero attached hydrogens (tertiary/aromatic N) is 2. The largest absolute Gasteiger partial charge is 0.478 e. The van der Waals surface area contributed by atoms with Crippen molar-refractivity contribution < 1.29 is 18.3 Å². The van der Waals surface area contributed by atoms with Crippen molar-refractivity contribution in [3.8, 4) is 0 Å². The van der Waals surface area contributed by atoms with E-state index in [4.69, 9.17) is 5.11 Å². The fraction of sp³-hybridized carbons (Fsp3) is 0.600. The van der Waals surface area contributed by atoms with Crippen LogP contribution in [0.15, 0.2) is 6.20 Å². The van der Waals surface area contributed by atoms with Gasteiger partial charge in [0.25, 0.3) is 0 Å². The summed E-state index contributed by atoms with van der Waals surface area (Å²) in [6.45, 7) is 3.61. The SMILES string of the molecule is CCCS(=O)(=O)CCn1ncc(C(=O)O)c1C. The van der Waals surface area contributed by atoms with Crippen LogP contribution in [0.2, 0.25) is 0 Å². The Labute approximate surface area is 100 Å². The molecule has 0 saturated heterocycles. The Kier molecular flexibility index (Phi) is 4.28. The first-order chi connectivity index (χ1) is 7.87. The van der Waals surface area contributed by atoms with Gasteiger partial charge in [-0.2, -0.15) is 5.10 Å². The Morgan fingerprint density at radius 3 is 2.59 bits per heavy atom. The van der Waals surface area contributed by atoms with Crippen molar-refractivity contribution in [2.45, 2.75) is 26.8 Å². The molecule has 17 heavy (non-hydrogen) atoms. The molecule has 1 aromatic heterocycles. The Morgan fingerprint density at radius 1 is 1.47 bits per heavy atom. The number of sulfone groups is 1. The van der Waals surface area contributed by atoms with Crippen molar-refractivity contribution in [2.75, 3.05) is 11.5 Å². The third-order valence-corrected chi connectivity index (χ3v) is 4.30. The van der Waals surface area contributed by atoms with E-state index in [9.17, 15) is 13.2 Å². The molecular weight excluding hydrogens is 244 g/mol. The van der Waals surface area contributed by atoms with E-state index in [2.05, 4.69) is 5.10 Å². The van der Waals surface area contributed by atoms with Gasteiger partial charge in [0.15, 0.2) is 9.84 Å². The van der Waals surface area contributed by atoms with Gasteiger partial charge in [-0.3, -0.25) is 4.68 Å². The van der Waals surface area contributed by atoms with E-state index in [0.29, 0.717) is 12.1 Å². The number of aromatic carboxylic acids is 1. The van der Waals surface area contributed by atoms with Gasteiger partial charge in [-0.15, -0.1) is 0 Å². The summed E-state index contributed by atoms with van der Waals surface area (Å²) in [5.74, 6) is -0.910. The fourth-order valence-corrected chi connectivity index (χ4v) is 2.80. The van der Waals surface area contributed by atoms with Crippen LogP contribution in [0.3, 0.4) is 0 Å². The van der Waals surface area contributed by atoms with Crippen molar-refractivity contribution in [2.24, 2.45) is 0 Å². The number of aromatic nitrogens is 2.